The molecule has 0 amide bonds. The van der Waals surface area contributed by atoms with Crippen LogP contribution in [0.2, 0.25) is 0 Å². The zero-order valence-electron chi connectivity index (χ0n) is 20.0. The van der Waals surface area contributed by atoms with Crippen molar-refractivity contribution >= 4 is 16.3 Å². The lowest BCUT2D eigenvalue weighted by atomic mass is 9.90. The average molecular weight is 439 g/mol. The Balaban J connectivity index is 1.38. The number of aryl methyl sites for hydroxylation is 1. The van der Waals surface area contributed by atoms with Crippen molar-refractivity contribution in [2.45, 2.75) is 110 Å². The smallest absolute Gasteiger partial charge is 0.193 e. The summed E-state index contributed by atoms with van der Waals surface area (Å²) in [7, 11) is 0. The van der Waals surface area contributed by atoms with E-state index in [1.807, 2.05) is 6.20 Å². The van der Waals surface area contributed by atoms with Gasteiger partial charge in [0.1, 0.15) is 0 Å². The fourth-order valence-corrected chi connectivity index (χ4v) is 5.67. The van der Waals surface area contributed by atoms with Crippen LogP contribution < -0.4 is 0 Å². The Hall–Kier alpha value is -1.61. The zero-order valence-corrected chi connectivity index (χ0v) is 20.8. The fraction of sp³-hybridized carbons (Fsp3) is 0.607. The van der Waals surface area contributed by atoms with Crippen molar-refractivity contribution in [2.24, 2.45) is 0 Å². The van der Waals surface area contributed by atoms with Gasteiger partial charge in [-0.2, -0.15) is 0 Å². The van der Waals surface area contributed by atoms with Gasteiger partial charge < -0.3 is 0 Å². The molecule has 2 unspecified atom stereocenters. The molecule has 0 aliphatic heterocycles. The van der Waals surface area contributed by atoms with Gasteiger partial charge in [-0.05, 0) is 49.1 Å². The summed E-state index contributed by atoms with van der Waals surface area (Å²) in [4.78, 5) is 5.55. The van der Waals surface area contributed by atoms with Gasteiger partial charge in [0.2, 0.25) is 0 Å². The van der Waals surface area contributed by atoms with Crippen molar-refractivity contribution in [3.63, 3.8) is 0 Å². The van der Waals surface area contributed by atoms with Gasteiger partial charge in [-0.15, -0.1) is 11.3 Å². The third-order valence-electron chi connectivity index (χ3n) is 6.89. The minimum Gasteiger partial charge on any atom is -0.294 e. The maximum atomic E-state index is 4.43. The number of rotatable bonds is 15. The molecule has 2 aromatic heterocycles. The fourth-order valence-electron chi connectivity index (χ4n) is 4.73. The molecule has 0 saturated heterocycles. The molecule has 0 fully saturated rings. The highest BCUT2D eigenvalue weighted by molar-refractivity contribution is 7.15. The number of nitrogens with zero attached hydrogens (tertiary/aromatic N) is 2. The van der Waals surface area contributed by atoms with Crippen LogP contribution in [0, 0.1) is 0 Å². The molecule has 3 rings (SSSR count). The maximum Gasteiger partial charge on any atom is 0.193 e. The van der Waals surface area contributed by atoms with Crippen LogP contribution in [0.1, 0.15) is 120 Å². The minimum absolute atomic E-state index is 0.638. The number of unbranched alkanes of at least 4 members (excludes halogenated alkanes) is 6. The molecule has 0 radical (unpaired) electrons. The molecule has 0 bridgehead atoms. The van der Waals surface area contributed by atoms with Gasteiger partial charge in [0, 0.05) is 29.4 Å². The zero-order chi connectivity index (χ0) is 21.9. The van der Waals surface area contributed by atoms with Gasteiger partial charge in [-0.3, -0.25) is 4.40 Å². The Morgan fingerprint density at radius 3 is 2.39 bits per heavy atom. The highest BCUT2D eigenvalue weighted by atomic mass is 32.1. The molecule has 0 aliphatic carbocycles. The van der Waals surface area contributed by atoms with E-state index < -0.39 is 0 Å². The number of fused-ring (bicyclic) bond motifs is 1. The first-order valence-electron chi connectivity index (χ1n) is 12.7. The summed E-state index contributed by atoms with van der Waals surface area (Å²) in [5, 5.41) is 2.31. The SMILES string of the molecule is CCCCCCCCCc1ccc(C(C)CCCC(CC)c2csc3nccn23)cc1. The summed E-state index contributed by atoms with van der Waals surface area (Å²) in [6.07, 6.45) is 20.0. The van der Waals surface area contributed by atoms with Crippen molar-refractivity contribution in [1.82, 2.24) is 9.38 Å². The van der Waals surface area contributed by atoms with E-state index in [1.165, 1.54) is 93.9 Å². The summed E-state index contributed by atoms with van der Waals surface area (Å²) >= 11 is 1.77. The largest absolute Gasteiger partial charge is 0.294 e. The van der Waals surface area contributed by atoms with E-state index in [4.69, 9.17) is 0 Å². The monoisotopic (exact) mass is 438 g/mol. The second-order valence-electron chi connectivity index (χ2n) is 9.29. The number of aromatic nitrogens is 2. The van der Waals surface area contributed by atoms with Crippen molar-refractivity contribution in [1.29, 1.82) is 0 Å². The number of benzene rings is 1. The van der Waals surface area contributed by atoms with Gasteiger partial charge in [-0.25, -0.2) is 4.98 Å². The molecule has 0 spiro atoms. The molecular formula is C28H42N2S. The summed E-state index contributed by atoms with van der Waals surface area (Å²) in [6, 6.07) is 9.51. The molecule has 1 aromatic carbocycles. The van der Waals surface area contributed by atoms with Gasteiger partial charge in [0.05, 0.1) is 0 Å². The lowest BCUT2D eigenvalue weighted by molar-refractivity contribution is 0.520. The normalized spacial score (nSPS) is 13.6. The Labute approximate surface area is 194 Å². The van der Waals surface area contributed by atoms with Crippen LogP contribution in [-0.4, -0.2) is 9.38 Å². The van der Waals surface area contributed by atoms with Crippen LogP contribution in [0.25, 0.3) is 4.96 Å². The molecule has 2 nitrogen and oxygen atoms in total. The first-order chi connectivity index (χ1) is 15.2. The second kappa shape index (κ2) is 13.1. The van der Waals surface area contributed by atoms with E-state index in [-0.39, 0.29) is 0 Å². The number of hydrogen-bond acceptors (Lipinski definition) is 2. The van der Waals surface area contributed by atoms with Crippen LogP contribution in [0.3, 0.4) is 0 Å². The summed E-state index contributed by atoms with van der Waals surface area (Å²) in [5.74, 6) is 1.28. The van der Waals surface area contributed by atoms with Crippen molar-refractivity contribution < 1.29 is 0 Å². The van der Waals surface area contributed by atoms with Gasteiger partial charge >= 0.3 is 0 Å². The number of hydrogen-bond donors (Lipinski definition) is 0. The summed E-state index contributed by atoms with van der Waals surface area (Å²) in [6.45, 7) is 7.00. The quantitative estimate of drug-likeness (QED) is 0.216. The van der Waals surface area contributed by atoms with Crippen LogP contribution in [-0.2, 0) is 6.42 Å². The standard InChI is InChI=1S/C28H42N2S/c1-4-6-7-8-9-10-11-14-24-16-18-26(19-17-24)23(3)13-12-15-25(5-2)27-22-31-28-29-20-21-30(27)28/h16-23,25H,4-15H2,1-3H3. The maximum absolute atomic E-state index is 4.43. The molecule has 3 aromatic rings. The van der Waals surface area contributed by atoms with Gasteiger partial charge in [-0.1, -0.05) is 90.0 Å². The lowest BCUT2D eigenvalue weighted by Crippen LogP contribution is -2.02. The van der Waals surface area contributed by atoms with Crippen molar-refractivity contribution in [3.05, 3.63) is 58.9 Å². The molecule has 0 aliphatic rings. The minimum atomic E-state index is 0.638. The molecule has 170 valence electrons. The first-order valence-corrected chi connectivity index (χ1v) is 13.6. The highest BCUT2D eigenvalue weighted by Gasteiger charge is 2.15. The highest BCUT2D eigenvalue weighted by Crippen LogP contribution is 2.31. The van der Waals surface area contributed by atoms with Crippen LogP contribution in [0.4, 0.5) is 0 Å². The van der Waals surface area contributed by atoms with Gasteiger partial charge in [0.25, 0.3) is 0 Å². The molecule has 3 heteroatoms. The van der Waals surface area contributed by atoms with Crippen LogP contribution in [0.5, 0.6) is 0 Å². The predicted molar refractivity (Wildman–Crippen MR) is 137 cm³/mol. The van der Waals surface area contributed by atoms with Gasteiger partial charge in [0.15, 0.2) is 4.96 Å². The topological polar surface area (TPSA) is 17.3 Å². The molecule has 0 saturated carbocycles. The van der Waals surface area contributed by atoms with Crippen molar-refractivity contribution in [2.75, 3.05) is 0 Å². The second-order valence-corrected chi connectivity index (χ2v) is 10.1. The Morgan fingerprint density at radius 2 is 1.65 bits per heavy atom. The van der Waals surface area contributed by atoms with E-state index in [2.05, 4.69) is 66.0 Å². The molecule has 2 heterocycles. The van der Waals surface area contributed by atoms with E-state index in [0.29, 0.717) is 11.8 Å². The predicted octanol–water partition coefficient (Wildman–Crippen LogP) is 9.16. The average Bonchev–Trinajstić information content (AvgIpc) is 3.41. The molecule has 0 N–H and O–H groups in total. The summed E-state index contributed by atoms with van der Waals surface area (Å²) < 4.78 is 2.28. The van der Waals surface area contributed by atoms with Crippen LogP contribution in [0.15, 0.2) is 42.0 Å². The number of thiazole rings is 1. The van der Waals surface area contributed by atoms with Crippen molar-refractivity contribution in [3.8, 4) is 0 Å². The molecule has 31 heavy (non-hydrogen) atoms. The third-order valence-corrected chi connectivity index (χ3v) is 7.76. The van der Waals surface area contributed by atoms with E-state index in [9.17, 15) is 0 Å². The first kappa shape index (κ1) is 24.0. The summed E-state index contributed by atoms with van der Waals surface area (Å²) in [5.41, 5.74) is 4.46. The lowest BCUT2D eigenvalue weighted by Gasteiger charge is -2.17. The Morgan fingerprint density at radius 1 is 0.903 bits per heavy atom. The Kier molecular flexibility index (Phi) is 10.1. The molecule has 2 atom stereocenters. The number of imidazole rings is 1. The Bertz CT molecular complexity index is 861. The third kappa shape index (κ3) is 7.20. The van der Waals surface area contributed by atoms with E-state index in [1.54, 1.807) is 11.3 Å². The molecular weight excluding hydrogens is 396 g/mol. The van der Waals surface area contributed by atoms with E-state index in [0.717, 1.165) is 4.96 Å². The van der Waals surface area contributed by atoms with Crippen LogP contribution >= 0.6 is 11.3 Å². The van der Waals surface area contributed by atoms with E-state index >= 15 is 0 Å².